The number of sulfone groups is 1. The maximum Gasteiger partial charge on any atom is 0.229 e. The van der Waals surface area contributed by atoms with E-state index in [2.05, 4.69) is 19.7 Å². The number of nitrogens with one attached hydrogen (secondary N) is 1. The van der Waals surface area contributed by atoms with Gasteiger partial charge in [0.2, 0.25) is 10.0 Å². The molecule has 3 unspecified atom stereocenters. The zero-order valence-corrected chi connectivity index (χ0v) is 53.5. The van der Waals surface area contributed by atoms with Crippen molar-refractivity contribution in [3.8, 4) is 50.6 Å². The van der Waals surface area contributed by atoms with Gasteiger partial charge in [-0.25, -0.2) is 45.0 Å². The molecule has 26 heteroatoms. The Hall–Kier alpha value is -7.53. The first kappa shape index (κ1) is 68.0. The summed E-state index contributed by atoms with van der Waals surface area (Å²) in [7, 11) is -6.70. The molecule has 3 atom stereocenters. The van der Waals surface area contributed by atoms with Gasteiger partial charge < -0.3 is 31.4 Å². The molecule has 3 heterocycles. The standard InChI is InChI=1S/C21H19Cl2FN2O3S.C21H17Cl2FN2O2.C20H18Cl2FN3O3S/c1-3-30(27,28)15-6-4-13(5-7-15)14-10-18(21(25)26-11-14)29-12(2)19-16(22)8-9-17(24)20(19)23;1-11(27)13-3-5-14(6-4-13)15-9-18(21(25)26-10-15)28-12(2)19-16(22)7-8-17(24)20(19)23;1-11(18-15(21)6-7-16(23)19(18)22)29-17-9-13(10-25-20(17)24)12-4-3-5-14(8-12)26-30(2,27)28/h4-12H,3H2,1-2H3,(H2,25,26);3-10,12H,1-2H3,(H2,25,26);3-11,26H,1-2H3,(H2,24,25). The molecule has 7 N–H and O–H groups in total. The number of carbonyl (C=O) groups is 1. The molecule has 9 rings (SSSR count). The number of sulfonamides is 1. The van der Waals surface area contributed by atoms with Gasteiger partial charge in [0.1, 0.15) is 35.8 Å². The van der Waals surface area contributed by atoms with Crippen LogP contribution in [0.3, 0.4) is 0 Å². The van der Waals surface area contributed by atoms with Crippen LogP contribution in [0.5, 0.6) is 17.2 Å². The first-order valence-electron chi connectivity index (χ1n) is 26.2. The summed E-state index contributed by atoms with van der Waals surface area (Å²) in [6, 6.07) is 33.2. The van der Waals surface area contributed by atoms with Gasteiger partial charge in [0.25, 0.3) is 0 Å². The summed E-state index contributed by atoms with van der Waals surface area (Å²) in [5, 5.41) is 0.479. The highest BCUT2D eigenvalue weighted by Gasteiger charge is 2.24. The zero-order valence-electron chi connectivity index (χ0n) is 47.4. The Morgan fingerprint density at radius 3 is 1.20 bits per heavy atom. The van der Waals surface area contributed by atoms with Crippen LogP contribution in [0.15, 0.2) is 151 Å². The van der Waals surface area contributed by atoms with Crippen LogP contribution in [0.1, 0.15) is 80.0 Å². The highest BCUT2D eigenvalue weighted by atomic mass is 35.5. The Labute approximate surface area is 536 Å². The lowest BCUT2D eigenvalue weighted by atomic mass is 10.0. The minimum Gasteiger partial charge on any atom is -0.482 e. The topological polar surface area (TPSA) is 242 Å². The summed E-state index contributed by atoms with van der Waals surface area (Å²) in [5.41, 5.74) is 24.1. The highest BCUT2D eigenvalue weighted by molar-refractivity contribution is 7.92. The zero-order chi connectivity index (χ0) is 64.5. The number of hydrogen-bond acceptors (Lipinski definition) is 14. The third-order valence-corrected chi connectivity index (χ3v) is 17.6. The molecular formula is C62H54Cl6F3N7O8S2. The Balaban J connectivity index is 0.000000188. The van der Waals surface area contributed by atoms with Crippen LogP contribution in [0.4, 0.5) is 36.3 Å². The van der Waals surface area contributed by atoms with E-state index in [0.717, 1.165) is 22.9 Å². The fraction of sp³-hybridized carbons (Fsp3) is 0.161. The van der Waals surface area contributed by atoms with Crippen LogP contribution < -0.4 is 36.1 Å². The Morgan fingerprint density at radius 2 is 0.864 bits per heavy atom. The minimum atomic E-state index is -3.42. The minimum absolute atomic E-state index is 0.0105. The Kier molecular flexibility index (Phi) is 22.5. The predicted octanol–water partition coefficient (Wildman–Crippen LogP) is 17.1. The maximum absolute atomic E-state index is 13.8. The van der Waals surface area contributed by atoms with Crippen molar-refractivity contribution < 1.29 is 49.0 Å². The van der Waals surface area contributed by atoms with Crippen LogP contribution in [0.2, 0.25) is 30.1 Å². The smallest absolute Gasteiger partial charge is 0.229 e. The monoisotopic (exact) mass is 1360 g/mol. The number of anilines is 4. The lowest BCUT2D eigenvalue weighted by Gasteiger charge is -2.19. The summed E-state index contributed by atoms with van der Waals surface area (Å²) >= 11 is 36.7. The van der Waals surface area contributed by atoms with E-state index in [1.807, 2.05) is 12.1 Å². The molecule has 0 aliphatic carbocycles. The lowest BCUT2D eigenvalue weighted by molar-refractivity contribution is 0.101. The van der Waals surface area contributed by atoms with Crippen LogP contribution in [-0.2, 0) is 19.9 Å². The number of nitrogens with zero attached hydrogens (tertiary/aromatic N) is 3. The number of rotatable bonds is 17. The molecule has 0 bridgehead atoms. The van der Waals surface area contributed by atoms with Gasteiger partial charge in [-0.15, -0.1) is 0 Å². The number of benzene rings is 6. The maximum atomic E-state index is 13.8. The number of carbonyl (C=O) groups excluding carboxylic acids is 1. The molecule has 0 saturated heterocycles. The molecule has 0 radical (unpaired) electrons. The summed E-state index contributed by atoms with van der Waals surface area (Å²) in [4.78, 5) is 24.1. The number of halogens is 9. The van der Waals surface area contributed by atoms with Gasteiger partial charge in [0.05, 0.1) is 32.0 Å². The SMILES string of the molecule is CC(=O)c1ccc(-c2cnc(N)c(OC(C)c3c(Cl)ccc(F)c3Cl)c2)cc1.CC(Oc1cc(-c2cccc(NS(C)(=O)=O)c2)cnc1N)c1c(Cl)ccc(F)c1Cl.CCS(=O)(=O)c1ccc(-c2cnc(N)c(OC(C)c3c(Cl)ccc(F)c3Cl)c2)cc1. The van der Waals surface area contributed by atoms with Gasteiger partial charge in [-0.05, 0) is 123 Å². The summed E-state index contributed by atoms with van der Waals surface area (Å²) in [5.74, 6) is -0.507. The summed E-state index contributed by atoms with van der Waals surface area (Å²) < 4.78 is 108. The fourth-order valence-corrected chi connectivity index (χ4v) is 12.0. The van der Waals surface area contributed by atoms with Gasteiger partial charge in [-0.2, -0.15) is 0 Å². The van der Waals surface area contributed by atoms with Crippen molar-refractivity contribution in [2.75, 3.05) is 33.9 Å². The van der Waals surface area contributed by atoms with Crippen molar-refractivity contribution in [3.63, 3.8) is 0 Å². The van der Waals surface area contributed by atoms with Crippen LogP contribution in [-0.4, -0.2) is 49.6 Å². The van der Waals surface area contributed by atoms with E-state index in [1.54, 1.807) is 119 Å². The van der Waals surface area contributed by atoms with Gasteiger partial charge in [-0.1, -0.05) is 125 Å². The van der Waals surface area contributed by atoms with Crippen LogP contribution >= 0.6 is 69.6 Å². The molecule has 6 aromatic carbocycles. The quantitative estimate of drug-likeness (QED) is 0.0490. The van der Waals surface area contributed by atoms with E-state index in [1.165, 1.54) is 49.5 Å². The molecule has 0 spiro atoms. The summed E-state index contributed by atoms with van der Waals surface area (Å²) in [6.07, 6.45) is 3.70. The van der Waals surface area contributed by atoms with E-state index < -0.39 is 55.6 Å². The number of hydrogen-bond donors (Lipinski definition) is 4. The van der Waals surface area contributed by atoms with E-state index in [-0.39, 0.29) is 70.5 Å². The second kappa shape index (κ2) is 29.2. The number of ether oxygens (including phenoxy) is 3. The number of aromatic nitrogens is 3. The fourth-order valence-electron chi connectivity index (χ4n) is 8.51. The van der Waals surface area contributed by atoms with Crippen LogP contribution in [0.25, 0.3) is 33.4 Å². The molecule has 0 aliphatic heterocycles. The van der Waals surface area contributed by atoms with Crippen molar-refractivity contribution in [3.05, 3.63) is 216 Å². The van der Waals surface area contributed by atoms with E-state index >= 15 is 0 Å². The van der Waals surface area contributed by atoms with E-state index in [9.17, 15) is 34.8 Å². The second-order valence-corrected chi connectivity index (χ2v) is 25.8. The van der Waals surface area contributed by atoms with Crippen molar-refractivity contribution in [2.24, 2.45) is 0 Å². The first-order chi connectivity index (χ1) is 41.5. The van der Waals surface area contributed by atoms with Crippen molar-refractivity contribution >= 4 is 118 Å². The number of ketones is 1. The van der Waals surface area contributed by atoms with Crippen molar-refractivity contribution in [2.45, 2.75) is 57.8 Å². The molecular weight excluding hydrogens is 1300 g/mol. The average molecular weight is 1360 g/mol. The lowest BCUT2D eigenvalue weighted by Crippen LogP contribution is -2.09. The average Bonchev–Trinajstić information content (AvgIpc) is 2.02. The van der Waals surface area contributed by atoms with Gasteiger partial charge in [-0.3, -0.25) is 9.52 Å². The van der Waals surface area contributed by atoms with Gasteiger partial charge in [0, 0.05) is 78.3 Å². The molecule has 0 aliphatic rings. The number of Topliss-reactive ketones (excluding diaryl/α,β-unsaturated/α-hetero) is 1. The largest absolute Gasteiger partial charge is 0.482 e. The molecule has 0 saturated carbocycles. The molecule has 0 fully saturated rings. The molecule has 9 aromatic rings. The first-order valence-corrected chi connectivity index (χ1v) is 32.0. The second-order valence-electron chi connectivity index (χ2n) is 19.4. The number of nitrogen functional groups attached to an aromatic ring is 3. The van der Waals surface area contributed by atoms with E-state index in [0.29, 0.717) is 55.4 Å². The highest BCUT2D eigenvalue weighted by Crippen LogP contribution is 2.41. The third kappa shape index (κ3) is 17.0. The third-order valence-electron chi connectivity index (χ3n) is 13.1. The Morgan fingerprint density at radius 1 is 0.511 bits per heavy atom. The summed E-state index contributed by atoms with van der Waals surface area (Å²) in [6.45, 7) is 8.13. The Bertz CT molecular complexity index is 4300. The van der Waals surface area contributed by atoms with Gasteiger partial charge >= 0.3 is 0 Å². The number of nitrogens with two attached hydrogens (primary N) is 3. The molecule has 15 nitrogen and oxygen atoms in total. The molecule has 88 heavy (non-hydrogen) atoms. The van der Waals surface area contributed by atoms with Gasteiger partial charge in [0.15, 0.2) is 50.3 Å². The molecule has 3 aromatic heterocycles. The number of pyridine rings is 3. The normalized spacial score (nSPS) is 12.3. The van der Waals surface area contributed by atoms with Crippen LogP contribution in [0, 0.1) is 17.5 Å². The predicted molar refractivity (Wildman–Crippen MR) is 345 cm³/mol. The van der Waals surface area contributed by atoms with Crippen molar-refractivity contribution in [1.82, 2.24) is 15.0 Å². The van der Waals surface area contributed by atoms with Crippen molar-refractivity contribution in [1.29, 1.82) is 0 Å². The molecule has 0 amide bonds. The molecule has 460 valence electrons. The van der Waals surface area contributed by atoms with E-state index in [4.69, 9.17) is 101 Å².